The van der Waals surface area contributed by atoms with Gasteiger partial charge in [0.15, 0.2) is 5.78 Å². The van der Waals surface area contributed by atoms with Gasteiger partial charge in [0.1, 0.15) is 12.4 Å². The minimum absolute atomic E-state index is 0.169. The molecule has 2 aromatic carbocycles. The van der Waals surface area contributed by atoms with Crippen LogP contribution in [0.15, 0.2) is 48.5 Å². The van der Waals surface area contributed by atoms with E-state index in [9.17, 15) is 4.79 Å². The lowest BCUT2D eigenvalue weighted by Crippen LogP contribution is -2.02. The van der Waals surface area contributed by atoms with Gasteiger partial charge in [-0.25, -0.2) is 0 Å². The van der Waals surface area contributed by atoms with E-state index in [1.165, 1.54) is 6.08 Å². The van der Waals surface area contributed by atoms with Gasteiger partial charge in [-0.05, 0) is 54.6 Å². The number of carbonyl (C=O) groups is 1. The normalized spacial score (nSPS) is 12.6. The molecule has 0 fully saturated rings. The lowest BCUT2D eigenvalue weighted by molar-refractivity contribution is 0.104. The number of fused-ring (bicyclic) bond motifs is 3. The smallest absolute Gasteiger partial charge is 0.187 e. The molecule has 3 aromatic rings. The maximum absolute atomic E-state index is 12.4. The van der Waals surface area contributed by atoms with Crippen LogP contribution >= 0.6 is 46.1 Å². The molecule has 0 radical (unpaired) electrons. The molecule has 1 aromatic heterocycles. The lowest BCUT2D eigenvalue weighted by Gasteiger charge is -2.17. The molecule has 26 heavy (non-hydrogen) atoms. The third kappa shape index (κ3) is 3.40. The summed E-state index contributed by atoms with van der Waals surface area (Å²) in [4.78, 5) is 14.5. The van der Waals surface area contributed by atoms with E-state index in [-0.39, 0.29) is 5.78 Å². The Kier molecular flexibility index (Phi) is 4.80. The van der Waals surface area contributed by atoms with Gasteiger partial charge in [-0.15, -0.1) is 11.3 Å². The van der Waals surface area contributed by atoms with Crippen LogP contribution in [0.25, 0.3) is 16.5 Å². The minimum Gasteiger partial charge on any atom is -0.488 e. The van der Waals surface area contributed by atoms with Crippen LogP contribution in [0.4, 0.5) is 0 Å². The van der Waals surface area contributed by atoms with Crippen molar-refractivity contribution in [2.45, 2.75) is 6.61 Å². The highest BCUT2D eigenvalue weighted by molar-refractivity contribution is 7.16. The third-order valence-electron chi connectivity index (χ3n) is 3.99. The molecule has 4 rings (SSSR count). The van der Waals surface area contributed by atoms with E-state index in [0.29, 0.717) is 27.2 Å². The number of halogens is 3. The summed E-state index contributed by atoms with van der Waals surface area (Å²) in [5, 5.41) is 1.51. The number of allylic oxidation sites excluding steroid dienone is 1. The zero-order valence-electron chi connectivity index (χ0n) is 13.3. The van der Waals surface area contributed by atoms with Gasteiger partial charge in [-0.3, -0.25) is 4.79 Å². The number of hydrogen-bond donors (Lipinski definition) is 0. The molecule has 0 bridgehead atoms. The Hall–Kier alpha value is -1.78. The Bertz CT molecular complexity index is 1050. The fourth-order valence-electron chi connectivity index (χ4n) is 2.77. The molecule has 0 spiro atoms. The first-order valence-electron chi connectivity index (χ1n) is 7.74. The quantitative estimate of drug-likeness (QED) is 0.331. The van der Waals surface area contributed by atoms with Crippen molar-refractivity contribution in [1.82, 2.24) is 0 Å². The zero-order chi connectivity index (χ0) is 18.3. The van der Waals surface area contributed by atoms with Gasteiger partial charge < -0.3 is 4.74 Å². The average Bonchev–Trinajstić information content (AvgIpc) is 3.03. The first-order valence-corrected chi connectivity index (χ1v) is 9.69. The molecule has 0 amide bonds. The number of hydrogen-bond acceptors (Lipinski definition) is 3. The minimum atomic E-state index is -0.169. The van der Waals surface area contributed by atoms with E-state index >= 15 is 0 Å². The van der Waals surface area contributed by atoms with Gasteiger partial charge in [-0.1, -0.05) is 34.8 Å². The standard InChI is InChI=1S/C20H11Cl3O2S/c21-12-2-6-19-16(8-12)20-11(10-25-19)7-14(26-20)3-5-18(24)15-4-1-13(22)9-17(15)23/h1-9H,10H2/b5-3-. The summed E-state index contributed by atoms with van der Waals surface area (Å²) in [7, 11) is 0. The van der Waals surface area contributed by atoms with Crippen molar-refractivity contribution in [3.63, 3.8) is 0 Å². The fourth-order valence-corrected chi connectivity index (χ4v) is 4.53. The topological polar surface area (TPSA) is 26.3 Å². The van der Waals surface area contributed by atoms with E-state index in [4.69, 9.17) is 39.5 Å². The van der Waals surface area contributed by atoms with Crippen LogP contribution in [0.2, 0.25) is 15.1 Å². The summed E-state index contributed by atoms with van der Waals surface area (Å²) in [6.07, 6.45) is 3.31. The Morgan fingerprint density at radius 1 is 1.04 bits per heavy atom. The van der Waals surface area contributed by atoms with Crippen LogP contribution in [-0.2, 0) is 6.61 Å². The fraction of sp³-hybridized carbons (Fsp3) is 0.0500. The monoisotopic (exact) mass is 420 g/mol. The van der Waals surface area contributed by atoms with Crippen molar-refractivity contribution in [2.24, 2.45) is 0 Å². The predicted octanol–water partition coefficient (Wildman–Crippen LogP) is 7.16. The van der Waals surface area contributed by atoms with E-state index in [1.807, 2.05) is 24.3 Å². The predicted molar refractivity (Wildman–Crippen MR) is 109 cm³/mol. The number of ketones is 1. The molecular formula is C20H11Cl3O2S. The van der Waals surface area contributed by atoms with Gasteiger partial charge in [0.25, 0.3) is 0 Å². The van der Waals surface area contributed by atoms with Gasteiger partial charge in [0.2, 0.25) is 0 Å². The summed E-state index contributed by atoms with van der Waals surface area (Å²) >= 11 is 19.7. The highest BCUT2D eigenvalue weighted by Crippen LogP contribution is 2.43. The Morgan fingerprint density at radius 3 is 2.62 bits per heavy atom. The highest BCUT2D eigenvalue weighted by atomic mass is 35.5. The SMILES string of the molecule is O=C(/C=C\c1cc2c(s1)-c1cc(Cl)ccc1OC2)c1ccc(Cl)cc1Cl. The molecule has 2 nitrogen and oxygen atoms in total. The molecule has 0 aliphatic carbocycles. The van der Waals surface area contributed by atoms with Crippen molar-refractivity contribution < 1.29 is 9.53 Å². The van der Waals surface area contributed by atoms with E-state index in [0.717, 1.165) is 26.6 Å². The number of benzene rings is 2. The maximum Gasteiger partial charge on any atom is 0.187 e. The first-order chi connectivity index (χ1) is 12.5. The van der Waals surface area contributed by atoms with Crippen LogP contribution in [0.3, 0.4) is 0 Å². The summed E-state index contributed by atoms with van der Waals surface area (Å²) in [6.45, 7) is 0.505. The van der Waals surface area contributed by atoms with Crippen LogP contribution in [0, 0.1) is 0 Å². The Labute approximate surface area is 169 Å². The second kappa shape index (κ2) is 7.09. The summed E-state index contributed by atoms with van der Waals surface area (Å²) < 4.78 is 5.77. The molecule has 6 heteroatoms. The van der Waals surface area contributed by atoms with Crippen molar-refractivity contribution in [3.8, 4) is 16.2 Å². The molecule has 0 unspecified atom stereocenters. The second-order valence-electron chi connectivity index (χ2n) is 5.75. The molecule has 1 aliphatic rings. The molecule has 2 heterocycles. The van der Waals surface area contributed by atoms with Crippen molar-refractivity contribution in [3.05, 3.63) is 79.6 Å². The van der Waals surface area contributed by atoms with Crippen LogP contribution in [0.1, 0.15) is 20.8 Å². The summed E-state index contributed by atoms with van der Waals surface area (Å²) in [5.74, 6) is 0.654. The largest absolute Gasteiger partial charge is 0.488 e. The molecule has 130 valence electrons. The number of carbonyl (C=O) groups excluding carboxylic acids is 1. The van der Waals surface area contributed by atoms with Crippen molar-refractivity contribution in [2.75, 3.05) is 0 Å². The highest BCUT2D eigenvalue weighted by Gasteiger charge is 2.20. The number of rotatable bonds is 3. The van der Waals surface area contributed by atoms with Crippen LogP contribution in [-0.4, -0.2) is 5.78 Å². The first kappa shape index (κ1) is 17.6. The lowest BCUT2D eigenvalue weighted by atomic mass is 10.1. The van der Waals surface area contributed by atoms with E-state index in [2.05, 4.69) is 0 Å². The molecular weight excluding hydrogens is 411 g/mol. The molecule has 1 aliphatic heterocycles. The molecule has 0 atom stereocenters. The molecule has 0 N–H and O–H groups in total. The van der Waals surface area contributed by atoms with E-state index in [1.54, 1.807) is 35.6 Å². The Morgan fingerprint density at radius 2 is 1.81 bits per heavy atom. The van der Waals surface area contributed by atoms with Gasteiger partial charge in [0.05, 0.1) is 5.02 Å². The molecule has 0 saturated heterocycles. The maximum atomic E-state index is 12.4. The van der Waals surface area contributed by atoms with Crippen molar-refractivity contribution in [1.29, 1.82) is 0 Å². The average molecular weight is 422 g/mol. The Balaban J connectivity index is 1.63. The second-order valence-corrected chi connectivity index (χ2v) is 8.12. The van der Waals surface area contributed by atoms with E-state index < -0.39 is 0 Å². The number of thiophene rings is 1. The van der Waals surface area contributed by atoms with Gasteiger partial charge in [0, 0.05) is 36.5 Å². The number of ether oxygens (including phenoxy) is 1. The van der Waals surface area contributed by atoms with Crippen molar-refractivity contribution >= 4 is 58.0 Å². The van der Waals surface area contributed by atoms with Crippen LogP contribution < -0.4 is 4.74 Å². The van der Waals surface area contributed by atoms with Gasteiger partial charge in [-0.2, -0.15) is 0 Å². The van der Waals surface area contributed by atoms with Gasteiger partial charge >= 0.3 is 0 Å². The zero-order valence-corrected chi connectivity index (χ0v) is 16.3. The molecule has 0 saturated carbocycles. The summed E-state index contributed by atoms with van der Waals surface area (Å²) in [6, 6.07) is 12.5. The summed E-state index contributed by atoms with van der Waals surface area (Å²) in [5.41, 5.74) is 2.49. The third-order valence-corrected chi connectivity index (χ3v) is 5.95. The van der Waals surface area contributed by atoms with Crippen LogP contribution in [0.5, 0.6) is 5.75 Å².